The van der Waals surface area contributed by atoms with Gasteiger partial charge in [0.05, 0.1) is 22.4 Å². The van der Waals surface area contributed by atoms with E-state index in [1.54, 1.807) is 0 Å². The third-order valence-corrected chi connectivity index (χ3v) is 11.8. The zero-order valence-electron chi connectivity index (χ0n) is 33.0. The van der Waals surface area contributed by atoms with Crippen LogP contribution < -0.4 is 4.90 Å². The van der Waals surface area contributed by atoms with Gasteiger partial charge in [0.1, 0.15) is 0 Å². The summed E-state index contributed by atoms with van der Waals surface area (Å²) in [7, 11) is 0. The van der Waals surface area contributed by atoms with Crippen LogP contribution >= 0.6 is 0 Å². The number of para-hydroxylation sites is 2. The molecule has 0 aliphatic carbocycles. The highest BCUT2D eigenvalue weighted by atomic mass is 15.1. The summed E-state index contributed by atoms with van der Waals surface area (Å²) in [6, 6.07) is 88.0. The average Bonchev–Trinajstić information content (AvgIpc) is 3.66. The van der Waals surface area contributed by atoms with Crippen molar-refractivity contribution in [3.05, 3.63) is 243 Å². The van der Waals surface area contributed by atoms with Crippen LogP contribution in [0.4, 0.5) is 17.1 Å². The number of anilines is 3. The number of hydrogen-bond acceptors (Lipinski definition) is 1. The summed E-state index contributed by atoms with van der Waals surface area (Å²) in [5.41, 5.74) is 16.2. The Morgan fingerprint density at radius 3 is 1.57 bits per heavy atom. The Bertz CT molecular complexity index is 3300. The Morgan fingerprint density at radius 1 is 0.283 bits per heavy atom. The van der Waals surface area contributed by atoms with Gasteiger partial charge in [0.25, 0.3) is 0 Å². The molecular formula is C58H40N2. The van der Waals surface area contributed by atoms with E-state index in [9.17, 15) is 0 Å². The van der Waals surface area contributed by atoms with Gasteiger partial charge < -0.3 is 9.47 Å². The fourth-order valence-electron chi connectivity index (χ4n) is 8.88. The van der Waals surface area contributed by atoms with Crippen LogP contribution in [0.3, 0.4) is 0 Å². The zero-order chi connectivity index (χ0) is 39.8. The summed E-state index contributed by atoms with van der Waals surface area (Å²) in [6.45, 7) is 0. The molecule has 0 unspecified atom stereocenters. The third-order valence-electron chi connectivity index (χ3n) is 11.8. The lowest BCUT2D eigenvalue weighted by molar-refractivity contribution is 1.18. The van der Waals surface area contributed by atoms with E-state index < -0.39 is 0 Å². The average molecular weight is 765 g/mol. The van der Waals surface area contributed by atoms with E-state index in [1.165, 1.54) is 60.4 Å². The molecule has 0 bridgehead atoms. The summed E-state index contributed by atoms with van der Waals surface area (Å²) in [4.78, 5) is 2.42. The van der Waals surface area contributed by atoms with E-state index in [4.69, 9.17) is 0 Å². The molecule has 0 atom stereocenters. The van der Waals surface area contributed by atoms with Gasteiger partial charge in [-0.2, -0.15) is 0 Å². The summed E-state index contributed by atoms with van der Waals surface area (Å²) >= 11 is 0. The van der Waals surface area contributed by atoms with Crippen molar-refractivity contribution in [3.63, 3.8) is 0 Å². The number of fused-ring (bicyclic) bond motifs is 4. The lowest BCUT2D eigenvalue weighted by Gasteiger charge is -2.28. The van der Waals surface area contributed by atoms with Crippen LogP contribution in [0.5, 0.6) is 0 Å². The third kappa shape index (κ3) is 6.32. The van der Waals surface area contributed by atoms with Gasteiger partial charge in [-0.1, -0.05) is 182 Å². The van der Waals surface area contributed by atoms with Gasteiger partial charge in [0.2, 0.25) is 0 Å². The van der Waals surface area contributed by atoms with Crippen LogP contribution in [0.25, 0.3) is 82.8 Å². The molecule has 60 heavy (non-hydrogen) atoms. The molecule has 0 saturated heterocycles. The predicted molar refractivity (Wildman–Crippen MR) is 255 cm³/mol. The fraction of sp³-hybridized carbons (Fsp3) is 0. The van der Waals surface area contributed by atoms with Crippen molar-refractivity contribution in [2.75, 3.05) is 4.90 Å². The van der Waals surface area contributed by atoms with Gasteiger partial charge in [-0.05, 0) is 105 Å². The minimum absolute atomic E-state index is 1.08. The normalized spacial score (nSPS) is 11.3. The van der Waals surface area contributed by atoms with Crippen molar-refractivity contribution in [1.29, 1.82) is 0 Å². The van der Waals surface area contributed by atoms with Crippen LogP contribution in [-0.4, -0.2) is 4.57 Å². The Morgan fingerprint density at radius 2 is 0.817 bits per heavy atom. The second-order valence-corrected chi connectivity index (χ2v) is 15.3. The first-order valence-corrected chi connectivity index (χ1v) is 20.6. The number of hydrogen-bond donors (Lipinski definition) is 0. The van der Waals surface area contributed by atoms with Crippen LogP contribution in [-0.2, 0) is 0 Å². The molecule has 0 N–H and O–H groups in total. The van der Waals surface area contributed by atoms with E-state index in [-0.39, 0.29) is 0 Å². The molecule has 10 aromatic carbocycles. The van der Waals surface area contributed by atoms with Gasteiger partial charge in [-0.25, -0.2) is 0 Å². The Balaban J connectivity index is 1.15. The van der Waals surface area contributed by atoms with Gasteiger partial charge in [-0.3, -0.25) is 0 Å². The largest absolute Gasteiger partial charge is 0.310 e. The summed E-state index contributed by atoms with van der Waals surface area (Å²) in [5.74, 6) is 0. The van der Waals surface area contributed by atoms with Crippen molar-refractivity contribution >= 4 is 49.6 Å². The highest BCUT2D eigenvalue weighted by Gasteiger charge is 2.22. The number of benzene rings is 10. The van der Waals surface area contributed by atoms with Crippen molar-refractivity contribution < 1.29 is 0 Å². The summed E-state index contributed by atoms with van der Waals surface area (Å²) in [5, 5.41) is 4.91. The van der Waals surface area contributed by atoms with Gasteiger partial charge in [0.15, 0.2) is 0 Å². The number of aromatic nitrogens is 1. The first-order chi connectivity index (χ1) is 29.8. The lowest BCUT2D eigenvalue weighted by atomic mass is 9.95. The maximum absolute atomic E-state index is 2.47. The first kappa shape index (κ1) is 35.2. The standard InChI is InChI=1S/C58H40N2/c1-5-17-41(18-6-1)47-31-36-57(54(38-47)44-22-9-3-10-23-44)60-55-28-16-15-27-51(55)52-34-33-50(40-58(52)60)59(49-25-11-4-12-26-49)56-35-32-48(39-53(56)43-20-7-2-8-21-43)46-30-29-42-19-13-14-24-45(42)37-46/h1-40H. The van der Waals surface area contributed by atoms with Crippen LogP contribution in [0.2, 0.25) is 0 Å². The predicted octanol–water partition coefficient (Wildman–Crippen LogP) is 16.1. The van der Waals surface area contributed by atoms with E-state index in [2.05, 4.69) is 252 Å². The highest BCUT2D eigenvalue weighted by molar-refractivity contribution is 6.11. The minimum atomic E-state index is 1.08. The van der Waals surface area contributed by atoms with E-state index in [0.29, 0.717) is 0 Å². The molecule has 282 valence electrons. The second kappa shape index (κ2) is 15.1. The molecule has 1 heterocycles. The molecule has 0 radical (unpaired) electrons. The highest BCUT2D eigenvalue weighted by Crippen LogP contribution is 2.45. The second-order valence-electron chi connectivity index (χ2n) is 15.3. The molecule has 0 spiro atoms. The lowest BCUT2D eigenvalue weighted by Crippen LogP contribution is -2.11. The summed E-state index contributed by atoms with van der Waals surface area (Å²) < 4.78 is 2.47. The van der Waals surface area contributed by atoms with Crippen LogP contribution in [0.15, 0.2) is 243 Å². The van der Waals surface area contributed by atoms with Gasteiger partial charge in [0, 0.05) is 33.3 Å². The Hall–Kier alpha value is -7.94. The molecule has 0 saturated carbocycles. The van der Waals surface area contributed by atoms with Gasteiger partial charge in [-0.15, -0.1) is 0 Å². The maximum Gasteiger partial charge on any atom is 0.0562 e. The molecule has 0 amide bonds. The van der Waals surface area contributed by atoms with E-state index in [0.717, 1.165) is 39.4 Å². The van der Waals surface area contributed by atoms with Crippen molar-refractivity contribution in [2.24, 2.45) is 0 Å². The first-order valence-electron chi connectivity index (χ1n) is 20.6. The minimum Gasteiger partial charge on any atom is -0.310 e. The smallest absolute Gasteiger partial charge is 0.0562 e. The quantitative estimate of drug-likeness (QED) is 0.150. The molecule has 0 aliphatic rings. The maximum atomic E-state index is 2.47. The van der Waals surface area contributed by atoms with E-state index in [1.807, 2.05) is 0 Å². The molecule has 1 aromatic heterocycles. The van der Waals surface area contributed by atoms with Crippen molar-refractivity contribution in [2.45, 2.75) is 0 Å². The van der Waals surface area contributed by atoms with E-state index >= 15 is 0 Å². The monoisotopic (exact) mass is 764 g/mol. The molecule has 2 heteroatoms. The van der Waals surface area contributed by atoms with Crippen molar-refractivity contribution in [3.8, 4) is 50.2 Å². The topological polar surface area (TPSA) is 8.17 Å². The van der Waals surface area contributed by atoms with Crippen LogP contribution in [0, 0.1) is 0 Å². The van der Waals surface area contributed by atoms with Crippen LogP contribution in [0.1, 0.15) is 0 Å². The fourth-order valence-corrected chi connectivity index (χ4v) is 8.88. The molecule has 0 aliphatic heterocycles. The summed E-state index contributed by atoms with van der Waals surface area (Å²) in [6.07, 6.45) is 0. The number of rotatable bonds is 8. The number of nitrogens with zero attached hydrogens (tertiary/aromatic N) is 2. The SMILES string of the molecule is c1ccc(-c2ccc(-n3c4ccccc4c4ccc(N(c5ccccc5)c5ccc(-c6ccc7ccccc7c6)cc5-c5ccccc5)cc43)c(-c3ccccc3)c2)cc1. The molecular weight excluding hydrogens is 725 g/mol. The van der Waals surface area contributed by atoms with Gasteiger partial charge >= 0.3 is 0 Å². The molecule has 11 rings (SSSR count). The van der Waals surface area contributed by atoms with Crippen molar-refractivity contribution in [1.82, 2.24) is 4.57 Å². The molecule has 0 fully saturated rings. The molecule has 2 nitrogen and oxygen atoms in total. The Kier molecular flexibility index (Phi) is 8.87. The molecule has 11 aromatic rings. The Labute approximate surface area is 350 Å². The zero-order valence-corrected chi connectivity index (χ0v) is 33.0.